The SMILES string of the molecule is CC/C=C\C/C=C\C/C=C\C/C=C\C/C=C\CCCCCC(=O)OCC(COP(=O)(O)OCC(O)COP(=O)(O)OCC(COC(=O)CCCCCCC/C=C\C/C=C\C/C=C\CC)OC(=O)CCCCCCC/C=C\CCCCCC)OC(=O)CCCCCCC/C=C\CCCCCC. The van der Waals surface area contributed by atoms with Crippen LogP contribution in [0.3, 0.4) is 0 Å². The highest BCUT2D eigenvalue weighted by Gasteiger charge is 2.30. The number of phosphoric ester groups is 2. The topological polar surface area (TPSA) is 237 Å². The second-order valence-electron chi connectivity index (χ2n) is 25.5. The summed E-state index contributed by atoms with van der Waals surface area (Å²) in [5.74, 6) is -2.25. The lowest BCUT2D eigenvalue weighted by Gasteiger charge is -2.21. The van der Waals surface area contributed by atoms with Gasteiger partial charge in [-0.2, -0.15) is 0 Å². The van der Waals surface area contributed by atoms with Crippen molar-refractivity contribution in [1.82, 2.24) is 0 Å². The molecule has 0 aromatic rings. The van der Waals surface area contributed by atoms with Gasteiger partial charge in [-0.15, -0.1) is 0 Å². The molecule has 0 saturated heterocycles. The molecule has 0 bridgehead atoms. The van der Waals surface area contributed by atoms with Gasteiger partial charge in [-0.3, -0.25) is 37.3 Å². The van der Waals surface area contributed by atoms with Crippen LogP contribution in [0.5, 0.6) is 0 Å². The summed E-state index contributed by atoms with van der Waals surface area (Å²) in [7, 11) is -9.97. The van der Waals surface area contributed by atoms with Gasteiger partial charge in [0, 0.05) is 25.7 Å². The molecule has 3 N–H and O–H groups in total. The monoisotopic (exact) mass is 1440 g/mol. The predicted molar refractivity (Wildman–Crippen MR) is 408 cm³/mol. The van der Waals surface area contributed by atoms with Crippen molar-refractivity contribution in [2.75, 3.05) is 39.6 Å². The van der Waals surface area contributed by atoms with Crippen molar-refractivity contribution in [2.45, 2.75) is 329 Å². The standard InChI is InChI=1S/C81H138O17P2/c1-5-9-13-17-21-25-29-33-35-36-37-38-40-44-46-50-54-58-62-66-79(84)92-72-77(98-81(86)68-64-60-56-52-48-42-32-28-24-20-16-12-8-4)74-96-100(89,90)94-70-75(82)69-93-99(87,88)95-73-76(97-80(85)67-63-59-55-51-47-41-31-27-23-19-15-11-7-3)71-91-78(83)65-61-57-53-49-45-43-39-34-30-26-22-18-14-10-6-2/h9-10,13-14,21-22,25-28,31-35,37-39,44,46,75-77,82H,5-8,11-12,15-20,23-24,29-30,36,40-43,45,47-74H2,1-4H3,(H,87,88)(H,89,90)/b13-9-,14-10-,25-21-,26-22-,31-27-,32-28-,35-33-,38-37-,39-34-,46-44-. The molecule has 5 atom stereocenters. The molecule has 0 saturated carbocycles. The number of hydrogen-bond acceptors (Lipinski definition) is 15. The van der Waals surface area contributed by atoms with Crippen molar-refractivity contribution in [2.24, 2.45) is 0 Å². The number of aliphatic hydroxyl groups is 1. The predicted octanol–water partition coefficient (Wildman–Crippen LogP) is 22.3. The van der Waals surface area contributed by atoms with E-state index >= 15 is 0 Å². The van der Waals surface area contributed by atoms with E-state index in [9.17, 15) is 43.2 Å². The lowest BCUT2D eigenvalue weighted by Crippen LogP contribution is -2.30. The van der Waals surface area contributed by atoms with Gasteiger partial charge in [-0.1, -0.05) is 252 Å². The summed E-state index contributed by atoms with van der Waals surface area (Å²) in [4.78, 5) is 72.9. The van der Waals surface area contributed by atoms with Crippen LogP contribution >= 0.6 is 15.6 Å². The van der Waals surface area contributed by atoms with Gasteiger partial charge in [-0.25, -0.2) is 9.13 Å². The molecule has 0 aliphatic rings. The van der Waals surface area contributed by atoms with Crippen LogP contribution in [-0.4, -0.2) is 96.7 Å². The van der Waals surface area contributed by atoms with E-state index in [1.807, 2.05) is 0 Å². The summed E-state index contributed by atoms with van der Waals surface area (Å²) in [6.07, 6.45) is 79.0. The number of unbranched alkanes of at least 4 members (excludes halogenated alkanes) is 26. The Labute approximate surface area is 606 Å². The van der Waals surface area contributed by atoms with Gasteiger partial charge in [0.15, 0.2) is 12.2 Å². The van der Waals surface area contributed by atoms with Gasteiger partial charge < -0.3 is 33.8 Å². The molecular weight excluding hydrogens is 1310 g/mol. The Kier molecular flexibility index (Phi) is 69.5. The maximum absolute atomic E-state index is 13.1. The molecule has 0 aliphatic carbocycles. The molecular formula is C81H138O17P2. The first-order valence-electron chi connectivity index (χ1n) is 38.8. The van der Waals surface area contributed by atoms with Crippen molar-refractivity contribution in [3.8, 4) is 0 Å². The van der Waals surface area contributed by atoms with Crippen molar-refractivity contribution < 1.29 is 80.2 Å². The summed E-state index contributed by atoms with van der Waals surface area (Å²) in [5, 5.41) is 10.6. The average molecular weight is 1450 g/mol. The Morgan fingerprint density at radius 1 is 0.290 bits per heavy atom. The molecule has 0 spiro atoms. The molecule has 17 nitrogen and oxygen atoms in total. The first-order valence-corrected chi connectivity index (χ1v) is 41.8. The van der Waals surface area contributed by atoms with E-state index < -0.39 is 97.5 Å². The number of carbonyl (C=O) groups excluding carboxylic acids is 4. The molecule has 574 valence electrons. The van der Waals surface area contributed by atoms with E-state index in [2.05, 4.69) is 149 Å². The van der Waals surface area contributed by atoms with Gasteiger partial charge in [0.25, 0.3) is 0 Å². The maximum atomic E-state index is 13.1. The third kappa shape index (κ3) is 71.8. The fraction of sp³-hybridized carbons (Fsp3) is 0.704. The highest BCUT2D eigenvalue weighted by Crippen LogP contribution is 2.45. The van der Waals surface area contributed by atoms with E-state index in [-0.39, 0.29) is 25.7 Å². The van der Waals surface area contributed by atoms with Crippen LogP contribution in [0.4, 0.5) is 0 Å². The van der Waals surface area contributed by atoms with Crippen molar-refractivity contribution >= 4 is 39.5 Å². The highest BCUT2D eigenvalue weighted by atomic mass is 31.2. The van der Waals surface area contributed by atoms with Crippen LogP contribution in [0.2, 0.25) is 0 Å². The summed E-state index contributed by atoms with van der Waals surface area (Å²) in [6.45, 7) is 4.55. The number of allylic oxidation sites excluding steroid dienone is 20. The third-order valence-electron chi connectivity index (χ3n) is 15.9. The molecule has 0 radical (unpaired) electrons. The summed E-state index contributed by atoms with van der Waals surface area (Å²) in [6, 6.07) is 0. The van der Waals surface area contributed by atoms with Gasteiger partial charge >= 0.3 is 39.5 Å². The van der Waals surface area contributed by atoms with Gasteiger partial charge in [0.1, 0.15) is 19.3 Å². The van der Waals surface area contributed by atoms with E-state index in [0.717, 1.165) is 180 Å². The lowest BCUT2D eigenvalue weighted by molar-refractivity contribution is -0.161. The second kappa shape index (κ2) is 72.8. The smallest absolute Gasteiger partial charge is 0.462 e. The van der Waals surface area contributed by atoms with E-state index in [0.29, 0.717) is 25.7 Å². The molecule has 0 aromatic carbocycles. The Hall–Kier alpha value is -4.54. The van der Waals surface area contributed by atoms with Gasteiger partial charge in [0.05, 0.1) is 26.4 Å². The molecule has 0 aliphatic heterocycles. The number of carbonyl (C=O) groups is 4. The first kappa shape index (κ1) is 95.5. The van der Waals surface area contributed by atoms with Crippen LogP contribution < -0.4 is 0 Å². The van der Waals surface area contributed by atoms with Crippen LogP contribution in [0.1, 0.15) is 310 Å². The Bertz CT molecular complexity index is 2370. The zero-order valence-corrected chi connectivity index (χ0v) is 64.4. The number of aliphatic hydroxyl groups excluding tert-OH is 1. The average Bonchev–Trinajstić information content (AvgIpc) is 0.935. The van der Waals surface area contributed by atoms with E-state index in [1.165, 1.54) is 51.4 Å². The Morgan fingerprint density at radius 2 is 0.520 bits per heavy atom. The fourth-order valence-corrected chi connectivity index (χ4v) is 11.6. The molecule has 0 heterocycles. The number of esters is 4. The lowest BCUT2D eigenvalue weighted by atomic mass is 10.1. The molecule has 0 rings (SSSR count). The minimum Gasteiger partial charge on any atom is -0.462 e. The minimum atomic E-state index is -4.99. The molecule has 0 aromatic heterocycles. The molecule has 0 amide bonds. The number of rotatable bonds is 72. The highest BCUT2D eigenvalue weighted by molar-refractivity contribution is 7.47. The first-order chi connectivity index (χ1) is 48.7. The van der Waals surface area contributed by atoms with E-state index in [4.69, 9.17) is 37.0 Å². The fourth-order valence-electron chi connectivity index (χ4n) is 10.0. The number of phosphoric acid groups is 2. The summed E-state index contributed by atoms with van der Waals surface area (Å²) in [5.41, 5.74) is 0. The zero-order valence-electron chi connectivity index (χ0n) is 62.6. The van der Waals surface area contributed by atoms with Crippen LogP contribution in [0, 0.1) is 0 Å². The van der Waals surface area contributed by atoms with Crippen molar-refractivity contribution in [3.63, 3.8) is 0 Å². The normalized spacial score (nSPS) is 14.6. The molecule has 19 heteroatoms. The largest absolute Gasteiger partial charge is 0.472 e. The van der Waals surface area contributed by atoms with E-state index in [1.54, 1.807) is 0 Å². The minimum absolute atomic E-state index is 0.0750. The van der Waals surface area contributed by atoms with Gasteiger partial charge in [0.2, 0.25) is 0 Å². The molecule has 5 unspecified atom stereocenters. The zero-order chi connectivity index (χ0) is 73.2. The van der Waals surface area contributed by atoms with Gasteiger partial charge in [-0.05, 0) is 154 Å². The van der Waals surface area contributed by atoms with Crippen molar-refractivity contribution in [1.29, 1.82) is 0 Å². The van der Waals surface area contributed by atoms with Crippen LogP contribution in [0.25, 0.3) is 0 Å². The number of hydrogen-bond donors (Lipinski definition) is 3. The number of ether oxygens (including phenoxy) is 4. The quantitative estimate of drug-likeness (QED) is 0.0169. The third-order valence-corrected chi connectivity index (χ3v) is 17.8. The van der Waals surface area contributed by atoms with Crippen LogP contribution in [-0.2, 0) is 65.4 Å². The molecule has 0 fully saturated rings. The van der Waals surface area contributed by atoms with Crippen LogP contribution in [0.15, 0.2) is 122 Å². The van der Waals surface area contributed by atoms with Crippen molar-refractivity contribution in [3.05, 3.63) is 122 Å². The Morgan fingerprint density at radius 3 is 0.820 bits per heavy atom. The Balaban J connectivity index is 5.38. The molecule has 100 heavy (non-hydrogen) atoms. The second-order valence-corrected chi connectivity index (χ2v) is 28.4. The maximum Gasteiger partial charge on any atom is 0.472 e. The summed E-state index contributed by atoms with van der Waals surface area (Å²) < 4.78 is 68.5. The summed E-state index contributed by atoms with van der Waals surface area (Å²) >= 11 is 0.